The molecule has 0 aliphatic rings. The van der Waals surface area contributed by atoms with Crippen molar-refractivity contribution in [1.82, 2.24) is 15.2 Å². The lowest BCUT2D eigenvalue weighted by atomic mass is 10.1. The number of nitrogens with zero attached hydrogens (tertiary/aromatic N) is 2. The molecule has 1 aromatic carbocycles. The van der Waals surface area contributed by atoms with Gasteiger partial charge in [0.05, 0.1) is 20.9 Å². The Morgan fingerprint density at radius 3 is 2.63 bits per heavy atom. The van der Waals surface area contributed by atoms with Crippen LogP contribution in [0.15, 0.2) is 18.2 Å². The number of aryl methyl sites for hydroxylation is 2. The summed E-state index contributed by atoms with van der Waals surface area (Å²) in [7, 11) is 0. The predicted molar refractivity (Wildman–Crippen MR) is 109 cm³/mol. The molecule has 3 aromatic heterocycles. The standard InChI is InChI=1S/C17H13ClF2N4S.C2H6/c1-7-12-14-15(25-17(12)22-8(2)13(7)18)16(24-23-14)21-6-9-3-4-10(19)11(20)5-9;1-2/h3-5H,6H2,1-2H3,(H2,21,23,24);1-2H3. The van der Waals surface area contributed by atoms with Crippen LogP contribution in [0.4, 0.5) is 14.6 Å². The van der Waals surface area contributed by atoms with Gasteiger partial charge in [0, 0.05) is 11.9 Å². The highest BCUT2D eigenvalue weighted by Gasteiger charge is 2.18. The van der Waals surface area contributed by atoms with Gasteiger partial charge in [0.2, 0.25) is 0 Å². The summed E-state index contributed by atoms with van der Waals surface area (Å²) in [6.45, 7) is 8.17. The molecule has 3 heterocycles. The maximum atomic E-state index is 13.3. The second-order valence-electron chi connectivity index (χ2n) is 5.80. The Hall–Kier alpha value is -2.25. The van der Waals surface area contributed by atoms with E-state index in [1.54, 1.807) is 0 Å². The maximum Gasteiger partial charge on any atom is 0.166 e. The summed E-state index contributed by atoms with van der Waals surface area (Å²) < 4.78 is 27.3. The Bertz CT molecular complexity index is 1120. The summed E-state index contributed by atoms with van der Waals surface area (Å²) in [5.74, 6) is -1.07. The molecular weight excluding hydrogens is 390 g/mol. The zero-order chi connectivity index (χ0) is 19.7. The maximum absolute atomic E-state index is 13.3. The molecule has 4 aromatic rings. The van der Waals surface area contributed by atoms with E-state index >= 15 is 0 Å². The van der Waals surface area contributed by atoms with Crippen molar-refractivity contribution in [3.8, 4) is 0 Å². The van der Waals surface area contributed by atoms with Gasteiger partial charge in [0.25, 0.3) is 0 Å². The Morgan fingerprint density at radius 1 is 1.19 bits per heavy atom. The average molecular weight is 409 g/mol. The van der Waals surface area contributed by atoms with Crippen molar-refractivity contribution in [2.24, 2.45) is 0 Å². The number of pyridine rings is 1. The molecule has 0 unspecified atom stereocenters. The fourth-order valence-electron chi connectivity index (χ4n) is 2.82. The smallest absolute Gasteiger partial charge is 0.166 e. The van der Waals surface area contributed by atoms with Gasteiger partial charge in [-0.3, -0.25) is 5.10 Å². The molecular formula is C19H19ClF2N4S. The molecule has 0 atom stereocenters. The van der Waals surface area contributed by atoms with Crippen LogP contribution in [0.3, 0.4) is 0 Å². The first-order chi connectivity index (χ1) is 13.0. The van der Waals surface area contributed by atoms with Crippen LogP contribution in [0, 0.1) is 25.5 Å². The Balaban J connectivity index is 0.00000102. The molecule has 0 fully saturated rings. The van der Waals surface area contributed by atoms with Crippen LogP contribution < -0.4 is 5.32 Å². The molecule has 4 nitrogen and oxygen atoms in total. The first kappa shape index (κ1) is 19.5. The number of aromatic nitrogens is 3. The van der Waals surface area contributed by atoms with E-state index < -0.39 is 11.6 Å². The lowest BCUT2D eigenvalue weighted by molar-refractivity contribution is 0.507. The van der Waals surface area contributed by atoms with Crippen LogP contribution in [-0.4, -0.2) is 15.2 Å². The second-order valence-corrected chi connectivity index (χ2v) is 7.17. The van der Waals surface area contributed by atoms with Crippen molar-refractivity contribution >= 4 is 49.2 Å². The van der Waals surface area contributed by atoms with Gasteiger partial charge < -0.3 is 5.32 Å². The van der Waals surface area contributed by atoms with E-state index in [-0.39, 0.29) is 0 Å². The monoisotopic (exact) mass is 408 g/mol. The van der Waals surface area contributed by atoms with Crippen LogP contribution in [0.5, 0.6) is 0 Å². The summed E-state index contributed by atoms with van der Waals surface area (Å²) in [4.78, 5) is 5.43. The minimum atomic E-state index is -0.863. The normalized spacial score (nSPS) is 10.9. The Kier molecular flexibility index (Phi) is 5.62. The number of hydrogen-bond donors (Lipinski definition) is 2. The quantitative estimate of drug-likeness (QED) is 0.414. The van der Waals surface area contributed by atoms with Crippen LogP contribution in [-0.2, 0) is 6.54 Å². The first-order valence-corrected chi connectivity index (χ1v) is 9.76. The molecule has 0 aliphatic carbocycles. The zero-order valence-corrected chi connectivity index (χ0v) is 16.9. The lowest BCUT2D eigenvalue weighted by Crippen LogP contribution is -2.01. The third-order valence-electron chi connectivity index (χ3n) is 4.12. The molecule has 142 valence electrons. The number of H-pyrrole nitrogens is 1. The number of rotatable bonds is 3. The van der Waals surface area contributed by atoms with Gasteiger partial charge >= 0.3 is 0 Å². The number of anilines is 1. The van der Waals surface area contributed by atoms with Gasteiger partial charge in [-0.05, 0) is 37.1 Å². The van der Waals surface area contributed by atoms with Gasteiger partial charge in [-0.15, -0.1) is 11.3 Å². The SMILES string of the molecule is CC.Cc1nc2sc3c(NCc4ccc(F)c(F)c4)n[nH]c3c2c(C)c1Cl. The van der Waals surface area contributed by atoms with Gasteiger partial charge in [-0.2, -0.15) is 5.10 Å². The highest BCUT2D eigenvalue weighted by Crippen LogP contribution is 2.39. The topological polar surface area (TPSA) is 53.6 Å². The first-order valence-electron chi connectivity index (χ1n) is 8.56. The summed E-state index contributed by atoms with van der Waals surface area (Å²) in [6, 6.07) is 3.82. The van der Waals surface area contributed by atoms with Crippen LogP contribution >= 0.6 is 22.9 Å². The fraction of sp³-hybridized carbons (Fsp3) is 0.263. The molecule has 2 N–H and O–H groups in total. The van der Waals surface area contributed by atoms with Gasteiger partial charge in [0.1, 0.15) is 4.83 Å². The summed E-state index contributed by atoms with van der Waals surface area (Å²) in [6.07, 6.45) is 0. The van der Waals surface area contributed by atoms with E-state index in [4.69, 9.17) is 11.6 Å². The predicted octanol–water partition coefficient (Wildman–Crippen LogP) is 6.36. The molecule has 0 spiro atoms. The van der Waals surface area contributed by atoms with Crippen molar-refractivity contribution in [2.45, 2.75) is 34.2 Å². The van der Waals surface area contributed by atoms with Crippen molar-refractivity contribution in [3.63, 3.8) is 0 Å². The third-order valence-corrected chi connectivity index (χ3v) is 5.77. The van der Waals surface area contributed by atoms with Gasteiger partial charge in [-0.25, -0.2) is 13.8 Å². The van der Waals surface area contributed by atoms with Crippen LogP contribution in [0.2, 0.25) is 5.02 Å². The Morgan fingerprint density at radius 2 is 1.93 bits per heavy atom. The number of halogens is 3. The second kappa shape index (κ2) is 7.78. The van der Waals surface area contributed by atoms with Crippen molar-refractivity contribution < 1.29 is 8.78 Å². The van der Waals surface area contributed by atoms with Crippen molar-refractivity contribution in [1.29, 1.82) is 0 Å². The van der Waals surface area contributed by atoms with Crippen LogP contribution in [0.25, 0.3) is 20.4 Å². The van der Waals surface area contributed by atoms with E-state index in [0.29, 0.717) is 22.9 Å². The van der Waals surface area contributed by atoms with E-state index in [0.717, 1.165) is 37.8 Å². The highest BCUT2D eigenvalue weighted by atomic mass is 35.5. The molecule has 8 heteroatoms. The number of fused-ring (bicyclic) bond motifs is 3. The summed E-state index contributed by atoms with van der Waals surface area (Å²) in [5.41, 5.74) is 3.26. The van der Waals surface area contributed by atoms with E-state index in [1.807, 2.05) is 27.7 Å². The van der Waals surface area contributed by atoms with E-state index in [9.17, 15) is 8.78 Å². The number of nitrogens with one attached hydrogen (secondary N) is 2. The fourth-order valence-corrected chi connectivity index (χ4v) is 4.15. The van der Waals surface area contributed by atoms with Crippen LogP contribution in [0.1, 0.15) is 30.7 Å². The molecule has 0 bridgehead atoms. The molecule has 27 heavy (non-hydrogen) atoms. The van der Waals surface area contributed by atoms with E-state index in [1.165, 1.54) is 23.5 Å². The number of hydrogen-bond acceptors (Lipinski definition) is 4. The number of thiophene rings is 1. The minimum absolute atomic E-state index is 0.331. The summed E-state index contributed by atoms with van der Waals surface area (Å²) in [5, 5.41) is 12.1. The molecule has 4 rings (SSSR count). The zero-order valence-electron chi connectivity index (χ0n) is 15.4. The van der Waals surface area contributed by atoms with Crippen molar-refractivity contribution in [2.75, 3.05) is 5.32 Å². The minimum Gasteiger partial charge on any atom is -0.363 e. The van der Waals surface area contributed by atoms with Gasteiger partial charge in [-0.1, -0.05) is 31.5 Å². The highest BCUT2D eigenvalue weighted by molar-refractivity contribution is 7.26. The average Bonchev–Trinajstić information content (AvgIpc) is 3.21. The molecule has 0 aliphatic heterocycles. The van der Waals surface area contributed by atoms with Crippen molar-refractivity contribution in [3.05, 3.63) is 51.7 Å². The molecule has 0 saturated heterocycles. The van der Waals surface area contributed by atoms with Gasteiger partial charge in [0.15, 0.2) is 17.5 Å². The molecule has 0 radical (unpaired) electrons. The van der Waals surface area contributed by atoms with E-state index in [2.05, 4.69) is 20.5 Å². The summed E-state index contributed by atoms with van der Waals surface area (Å²) >= 11 is 7.83. The molecule has 0 saturated carbocycles. The number of aromatic amines is 1. The third kappa shape index (κ3) is 3.49. The molecule has 0 amide bonds. The number of benzene rings is 1. The Labute approximate surface area is 164 Å². The largest absolute Gasteiger partial charge is 0.363 e. The lowest BCUT2D eigenvalue weighted by Gasteiger charge is -2.03.